The molecule has 0 heterocycles. The standard InChI is InChI=1S/C7H6Cl3NO/c1-12-7-4(11)2-3(8)5(9)6(7)10/h2H,11H2,1H3. The van der Waals surface area contributed by atoms with Gasteiger partial charge in [-0.2, -0.15) is 0 Å². The lowest BCUT2D eigenvalue weighted by Gasteiger charge is -2.08. The molecular weight excluding hydrogens is 220 g/mol. The van der Waals surface area contributed by atoms with E-state index in [-0.39, 0.29) is 10.0 Å². The Morgan fingerprint density at radius 2 is 1.83 bits per heavy atom. The summed E-state index contributed by atoms with van der Waals surface area (Å²) in [6, 6.07) is 1.49. The second-order valence-electron chi connectivity index (χ2n) is 2.11. The van der Waals surface area contributed by atoms with E-state index in [1.165, 1.54) is 13.2 Å². The minimum Gasteiger partial charge on any atom is -0.493 e. The molecule has 0 amide bonds. The zero-order valence-electron chi connectivity index (χ0n) is 6.20. The van der Waals surface area contributed by atoms with Gasteiger partial charge in [-0.05, 0) is 6.07 Å². The van der Waals surface area contributed by atoms with Crippen LogP contribution in [0.4, 0.5) is 5.69 Å². The highest BCUT2D eigenvalue weighted by molar-refractivity contribution is 6.49. The van der Waals surface area contributed by atoms with Gasteiger partial charge in [-0.1, -0.05) is 34.8 Å². The van der Waals surface area contributed by atoms with Gasteiger partial charge in [0.15, 0.2) is 5.75 Å². The van der Waals surface area contributed by atoms with Gasteiger partial charge in [-0.3, -0.25) is 0 Å². The fraction of sp³-hybridized carbons (Fsp3) is 0.143. The number of benzene rings is 1. The summed E-state index contributed by atoms with van der Waals surface area (Å²) < 4.78 is 4.91. The lowest BCUT2D eigenvalue weighted by Crippen LogP contribution is -1.93. The first-order valence-electron chi connectivity index (χ1n) is 3.05. The normalized spacial score (nSPS) is 10.0. The van der Waals surface area contributed by atoms with Crippen molar-refractivity contribution < 1.29 is 4.74 Å². The summed E-state index contributed by atoms with van der Waals surface area (Å²) >= 11 is 17.2. The van der Waals surface area contributed by atoms with Gasteiger partial charge in [0.2, 0.25) is 0 Å². The van der Waals surface area contributed by atoms with Crippen molar-refractivity contribution in [3.05, 3.63) is 21.1 Å². The Morgan fingerprint density at radius 1 is 1.25 bits per heavy atom. The van der Waals surface area contributed by atoms with Gasteiger partial charge < -0.3 is 10.5 Å². The summed E-state index contributed by atoms with van der Waals surface area (Å²) in [4.78, 5) is 0. The maximum absolute atomic E-state index is 5.78. The van der Waals surface area contributed by atoms with E-state index in [9.17, 15) is 0 Å². The van der Waals surface area contributed by atoms with Crippen LogP contribution in [0, 0.1) is 0 Å². The highest BCUT2D eigenvalue weighted by Crippen LogP contribution is 2.41. The Bertz CT molecular complexity index is 314. The van der Waals surface area contributed by atoms with Gasteiger partial charge in [-0.25, -0.2) is 0 Å². The number of methoxy groups -OCH3 is 1. The first kappa shape index (κ1) is 9.78. The summed E-state index contributed by atoms with van der Waals surface area (Å²) in [6.45, 7) is 0. The number of nitrogen functional groups attached to an aromatic ring is 1. The monoisotopic (exact) mass is 225 g/mol. The highest BCUT2D eigenvalue weighted by atomic mass is 35.5. The summed E-state index contributed by atoms with van der Waals surface area (Å²) in [5.41, 5.74) is 5.92. The van der Waals surface area contributed by atoms with Crippen LogP contribution in [0.1, 0.15) is 0 Å². The molecule has 0 saturated carbocycles. The Hall–Kier alpha value is -0.310. The van der Waals surface area contributed by atoms with Crippen LogP contribution in [0.2, 0.25) is 15.1 Å². The van der Waals surface area contributed by atoms with Crippen LogP contribution in [-0.2, 0) is 0 Å². The molecule has 0 saturated heterocycles. The Labute approximate surface area is 85.2 Å². The molecule has 0 aliphatic carbocycles. The molecule has 0 spiro atoms. The zero-order valence-corrected chi connectivity index (χ0v) is 8.46. The van der Waals surface area contributed by atoms with Crippen LogP contribution < -0.4 is 10.5 Å². The van der Waals surface area contributed by atoms with E-state index in [0.717, 1.165) is 0 Å². The number of hydrogen-bond donors (Lipinski definition) is 1. The minimum absolute atomic E-state index is 0.240. The van der Waals surface area contributed by atoms with Gasteiger partial charge in [0.05, 0.1) is 22.8 Å². The maximum atomic E-state index is 5.78. The molecule has 0 bridgehead atoms. The van der Waals surface area contributed by atoms with Gasteiger partial charge in [0.1, 0.15) is 5.02 Å². The van der Waals surface area contributed by atoms with Crippen molar-refractivity contribution in [3.63, 3.8) is 0 Å². The molecule has 0 fully saturated rings. The SMILES string of the molecule is COc1c(N)cc(Cl)c(Cl)c1Cl. The molecule has 0 aromatic heterocycles. The quantitative estimate of drug-likeness (QED) is 0.589. The molecular formula is C7H6Cl3NO. The van der Waals surface area contributed by atoms with Crippen molar-refractivity contribution in [2.45, 2.75) is 0 Å². The first-order chi connectivity index (χ1) is 5.57. The van der Waals surface area contributed by atoms with Crippen molar-refractivity contribution in [3.8, 4) is 5.75 Å². The number of nitrogens with two attached hydrogens (primary N) is 1. The number of ether oxygens (including phenoxy) is 1. The largest absolute Gasteiger partial charge is 0.493 e. The Kier molecular flexibility index (Phi) is 2.94. The van der Waals surface area contributed by atoms with Crippen LogP contribution in [0.25, 0.3) is 0 Å². The zero-order chi connectivity index (χ0) is 9.30. The maximum Gasteiger partial charge on any atom is 0.161 e. The van der Waals surface area contributed by atoms with Gasteiger partial charge in [0.25, 0.3) is 0 Å². The Morgan fingerprint density at radius 3 is 2.33 bits per heavy atom. The summed E-state index contributed by atoms with van der Waals surface area (Å²) in [7, 11) is 1.46. The van der Waals surface area contributed by atoms with E-state index < -0.39 is 0 Å². The van der Waals surface area contributed by atoms with Gasteiger partial charge in [0, 0.05) is 0 Å². The molecule has 1 aromatic rings. The molecule has 0 radical (unpaired) electrons. The third kappa shape index (κ3) is 1.56. The lowest BCUT2D eigenvalue weighted by atomic mass is 10.3. The van der Waals surface area contributed by atoms with E-state index >= 15 is 0 Å². The Balaban J connectivity index is 3.40. The predicted octanol–water partition coefficient (Wildman–Crippen LogP) is 3.24. The third-order valence-electron chi connectivity index (χ3n) is 1.35. The van der Waals surface area contributed by atoms with Crippen LogP contribution in [-0.4, -0.2) is 7.11 Å². The summed E-state index contributed by atoms with van der Waals surface area (Å²) in [5, 5.41) is 0.813. The fourth-order valence-electron chi connectivity index (χ4n) is 0.804. The fourth-order valence-corrected chi connectivity index (χ4v) is 1.49. The molecule has 5 heteroatoms. The lowest BCUT2D eigenvalue weighted by molar-refractivity contribution is 0.417. The average Bonchev–Trinajstić information content (AvgIpc) is 2.01. The smallest absolute Gasteiger partial charge is 0.161 e. The third-order valence-corrected chi connectivity index (χ3v) is 2.60. The van der Waals surface area contributed by atoms with Gasteiger partial charge >= 0.3 is 0 Å². The average molecular weight is 226 g/mol. The summed E-state index contributed by atoms with van der Waals surface area (Å²) in [5.74, 6) is 0.353. The molecule has 2 nitrogen and oxygen atoms in total. The van der Waals surface area contributed by atoms with E-state index in [0.29, 0.717) is 16.5 Å². The molecule has 0 unspecified atom stereocenters. The molecule has 1 rings (SSSR count). The van der Waals surface area contributed by atoms with E-state index in [4.69, 9.17) is 45.3 Å². The second-order valence-corrected chi connectivity index (χ2v) is 3.27. The minimum atomic E-state index is 0.240. The second kappa shape index (κ2) is 3.60. The van der Waals surface area contributed by atoms with Crippen molar-refractivity contribution in [2.24, 2.45) is 0 Å². The summed E-state index contributed by atoms with van der Waals surface area (Å²) in [6.07, 6.45) is 0. The molecule has 12 heavy (non-hydrogen) atoms. The molecule has 0 aliphatic heterocycles. The van der Waals surface area contributed by atoms with Crippen molar-refractivity contribution >= 4 is 40.5 Å². The molecule has 0 aliphatic rings. The molecule has 66 valence electrons. The van der Waals surface area contributed by atoms with Crippen LogP contribution in [0.15, 0.2) is 6.07 Å². The van der Waals surface area contributed by atoms with E-state index in [2.05, 4.69) is 0 Å². The van der Waals surface area contributed by atoms with Crippen LogP contribution >= 0.6 is 34.8 Å². The number of rotatable bonds is 1. The number of anilines is 1. The van der Waals surface area contributed by atoms with E-state index in [1.54, 1.807) is 0 Å². The van der Waals surface area contributed by atoms with Crippen molar-refractivity contribution in [1.82, 2.24) is 0 Å². The first-order valence-corrected chi connectivity index (χ1v) is 4.18. The molecule has 1 aromatic carbocycles. The van der Waals surface area contributed by atoms with Gasteiger partial charge in [-0.15, -0.1) is 0 Å². The number of hydrogen-bond acceptors (Lipinski definition) is 2. The van der Waals surface area contributed by atoms with Crippen molar-refractivity contribution in [1.29, 1.82) is 0 Å². The van der Waals surface area contributed by atoms with Crippen molar-refractivity contribution in [2.75, 3.05) is 12.8 Å². The number of halogens is 3. The topological polar surface area (TPSA) is 35.2 Å². The van der Waals surface area contributed by atoms with E-state index in [1.807, 2.05) is 0 Å². The molecule has 2 N–H and O–H groups in total. The highest BCUT2D eigenvalue weighted by Gasteiger charge is 2.12. The van der Waals surface area contributed by atoms with Crippen LogP contribution in [0.5, 0.6) is 5.75 Å². The molecule has 0 atom stereocenters. The predicted molar refractivity (Wildman–Crippen MR) is 52.4 cm³/mol. The van der Waals surface area contributed by atoms with Crippen LogP contribution in [0.3, 0.4) is 0 Å².